The molecule has 0 bridgehead atoms. The van der Waals surface area contributed by atoms with Gasteiger partial charge in [0.2, 0.25) is 0 Å². The smallest absolute Gasteiger partial charge is 0.268 e. The van der Waals surface area contributed by atoms with E-state index >= 15 is 0 Å². The Morgan fingerprint density at radius 2 is 0.778 bits per heavy atom. The van der Waals surface area contributed by atoms with Crippen LogP contribution in [-0.2, 0) is 82.9 Å². The highest BCUT2D eigenvalue weighted by Gasteiger charge is 2.41. The minimum Gasteiger partial charge on any atom is -0.756 e. The van der Waals surface area contributed by atoms with E-state index in [2.05, 4.69) is 13.6 Å². The molecule has 0 saturated carbocycles. The molecular weight excluding hydrogens is 812 g/mol. The third-order valence-electron chi connectivity index (χ3n) is 8.61. The molecule has 4 unspecified atom stereocenters. The Morgan fingerprint density at radius 1 is 0.463 bits per heavy atom. The number of ether oxygens (including phenoxy) is 6. The highest BCUT2D eigenvalue weighted by molar-refractivity contribution is 7.46. The molecule has 4 rings (SSSR count). The van der Waals surface area contributed by atoms with Gasteiger partial charge in [0, 0.05) is 54.1 Å². The number of hydrogen-bond donors (Lipinski definition) is 0. The first-order valence-electron chi connectivity index (χ1n) is 17.1. The molecule has 4 saturated heterocycles. The Labute approximate surface area is 315 Å². The third-order valence-corrected chi connectivity index (χ3v) is 12.5. The van der Waals surface area contributed by atoms with Gasteiger partial charge in [-0.05, 0) is 27.7 Å². The van der Waals surface area contributed by atoms with E-state index in [9.17, 15) is 37.8 Å². The van der Waals surface area contributed by atoms with Crippen molar-refractivity contribution < 1.29 is 102 Å². The zero-order chi connectivity index (χ0) is 40.5. The van der Waals surface area contributed by atoms with Crippen LogP contribution in [0.15, 0.2) is 0 Å². The van der Waals surface area contributed by atoms with E-state index in [1.54, 1.807) is 20.8 Å². The first-order chi connectivity index (χ1) is 25.1. The molecule has 4 aliphatic rings. The summed E-state index contributed by atoms with van der Waals surface area (Å²) in [6.07, 6.45) is -5.13. The maximum absolute atomic E-state index is 12.4. The molecule has 54 heavy (non-hydrogen) atoms. The summed E-state index contributed by atoms with van der Waals surface area (Å²) in [5.41, 5.74) is 0. The van der Waals surface area contributed by atoms with E-state index in [4.69, 9.17) is 51.0 Å². The van der Waals surface area contributed by atoms with Gasteiger partial charge in [0.1, 0.15) is 24.4 Å². The van der Waals surface area contributed by atoms with Gasteiger partial charge in [-0.1, -0.05) is 0 Å². The van der Waals surface area contributed by atoms with Gasteiger partial charge in [-0.3, -0.25) is 18.3 Å². The summed E-state index contributed by atoms with van der Waals surface area (Å²) < 4.78 is 117. The van der Waals surface area contributed by atoms with Crippen molar-refractivity contribution in [3.05, 3.63) is 0 Å². The van der Waals surface area contributed by atoms with Crippen molar-refractivity contribution in [3.8, 4) is 0 Å². The number of phosphoric ester groups is 4. The molecular formula is C28H52O22P4-4. The van der Waals surface area contributed by atoms with Gasteiger partial charge in [0.05, 0.1) is 75.3 Å². The number of hydrogen-bond acceptors (Lipinski definition) is 22. The summed E-state index contributed by atoms with van der Waals surface area (Å²) in [4.78, 5) is 47.1. The second-order valence-electron chi connectivity index (χ2n) is 13.1. The predicted octanol–water partition coefficient (Wildman–Crippen LogP) is 0.716. The lowest BCUT2D eigenvalue weighted by Gasteiger charge is -2.32. The number of methoxy groups -OCH3 is 2. The zero-order valence-electron chi connectivity index (χ0n) is 31.4. The van der Waals surface area contributed by atoms with Crippen molar-refractivity contribution in [1.29, 1.82) is 0 Å². The van der Waals surface area contributed by atoms with Crippen LogP contribution in [0.4, 0.5) is 0 Å². The highest BCUT2D eigenvalue weighted by Crippen LogP contribution is 2.48. The van der Waals surface area contributed by atoms with E-state index in [-0.39, 0.29) is 56.6 Å². The Kier molecular flexibility index (Phi) is 19.3. The monoisotopic (exact) mass is 864 g/mol. The van der Waals surface area contributed by atoms with E-state index in [1.165, 1.54) is 14.2 Å². The van der Waals surface area contributed by atoms with Gasteiger partial charge in [0.25, 0.3) is 31.3 Å². The van der Waals surface area contributed by atoms with Crippen molar-refractivity contribution in [3.63, 3.8) is 0 Å². The molecule has 0 N–H and O–H groups in total. The summed E-state index contributed by atoms with van der Waals surface area (Å²) in [6, 6.07) is 0. The van der Waals surface area contributed by atoms with Crippen molar-refractivity contribution in [1.82, 2.24) is 0 Å². The third kappa shape index (κ3) is 16.1. The molecule has 0 aromatic heterocycles. The summed E-state index contributed by atoms with van der Waals surface area (Å²) in [7, 11) is -13.4. The average molecular weight is 865 g/mol. The van der Waals surface area contributed by atoms with E-state index in [1.807, 2.05) is 6.92 Å². The standard InChI is InChI=1S/2C14H28O11P2/c1-9-5-11(19-3)13(23-9)7-21-27(17,18)22-8-14-12(6-10(2)24-14)25-26(15,16)20-4;1-9-5-11(13(22-9)7-19-3)24-27(17,18)25-12-6-10(2)23-14(12)8-21-26(15,16)20-4/h2*9-14H,5-8H2,1-4H3,(H,15,16)(H,17,18)/p-4/t2*9-,10-,11+,12+,13+,14+/m00/s1. The van der Waals surface area contributed by atoms with Crippen LogP contribution in [0, 0.1) is 0 Å². The lowest BCUT2D eigenvalue weighted by molar-refractivity contribution is -0.239. The van der Waals surface area contributed by atoms with Crippen LogP contribution in [0.1, 0.15) is 53.4 Å². The van der Waals surface area contributed by atoms with E-state index < -0.39 is 87.2 Å². The molecule has 4 heterocycles. The fraction of sp³-hybridized carbons (Fsp3) is 1.00. The quantitative estimate of drug-likeness (QED) is 0.152. The van der Waals surface area contributed by atoms with Gasteiger partial charge in [-0.15, -0.1) is 0 Å². The average Bonchev–Trinajstić information content (AvgIpc) is 3.82. The lowest BCUT2D eigenvalue weighted by atomic mass is 10.1. The van der Waals surface area contributed by atoms with Crippen LogP contribution >= 0.6 is 31.3 Å². The van der Waals surface area contributed by atoms with Crippen molar-refractivity contribution >= 4 is 31.3 Å². The summed E-state index contributed by atoms with van der Waals surface area (Å²) in [5.74, 6) is 0. The predicted molar refractivity (Wildman–Crippen MR) is 175 cm³/mol. The Hall–Kier alpha value is 0.200. The molecule has 0 amide bonds. The largest absolute Gasteiger partial charge is 0.756 e. The Balaban J connectivity index is 0.000000290. The molecule has 0 aliphatic carbocycles. The summed E-state index contributed by atoms with van der Waals surface area (Å²) in [6.45, 7) is 6.13. The Morgan fingerprint density at radius 3 is 1.13 bits per heavy atom. The van der Waals surface area contributed by atoms with Crippen LogP contribution in [0.5, 0.6) is 0 Å². The number of rotatable bonds is 20. The molecule has 0 radical (unpaired) electrons. The van der Waals surface area contributed by atoms with Crippen LogP contribution < -0.4 is 19.6 Å². The van der Waals surface area contributed by atoms with E-state index in [0.29, 0.717) is 12.8 Å². The van der Waals surface area contributed by atoms with E-state index in [0.717, 1.165) is 14.2 Å². The van der Waals surface area contributed by atoms with Crippen LogP contribution in [0.3, 0.4) is 0 Å². The van der Waals surface area contributed by atoms with Crippen molar-refractivity contribution in [2.45, 2.75) is 127 Å². The molecule has 4 aliphatic heterocycles. The van der Waals surface area contributed by atoms with Crippen molar-refractivity contribution in [2.24, 2.45) is 0 Å². The minimum atomic E-state index is -4.71. The maximum atomic E-state index is 12.4. The number of phosphoric acid groups is 4. The van der Waals surface area contributed by atoms with Gasteiger partial charge < -0.3 is 84.2 Å². The summed E-state index contributed by atoms with van der Waals surface area (Å²) >= 11 is 0. The molecule has 4 fully saturated rings. The summed E-state index contributed by atoms with van der Waals surface area (Å²) in [5, 5.41) is 0. The molecule has 22 nitrogen and oxygen atoms in total. The first-order valence-corrected chi connectivity index (χ1v) is 22.9. The molecule has 0 aromatic carbocycles. The van der Waals surface area contributed by atoms with Gasteiger partial charge in [-0.2, -0.15) is 0 Å². The fourth-order valence-corrected chi connectivity index (χ4v) is 9.13. The second-order valence-corrected chi connectivity index (χ2v) is 18.8. The maximum Gasteiger partial charge on any atom is 0.268 e. The van der Waals surface area contributed by atoms with Crippen LogP contribution in [-0.4, -0.2) is 128 Å². The minimum absolute atomic E-state index is 0.0645. The SMILES string of the molecule is COC[C@H]1O[C@@H](C)C[C@H]1OP(=O)([O-])O[C@@H]1C[C@H](C)O[C@@H]1COP(=O)([O-])OC.CO[C@@H]1C[C@H](C)O[C@@H]1COP(=O)([O-])OC[C@H]1O[C@@H](C)C[C@H]1OP(=O)([O-])OC. The zero-order valence-corrected chi connectivity index (χ0v) is 34.9. The van der Waals surface area contributed by atoms with Crippen LogP contribution in [0.25, 0.3) is 0 Å². The van der Waals surface area contributed by atoms with Crippen LogP contribution in [0.2, 0.25) is 0 Å². The van der Waals surface area contributed by atoms with Gasteiger partial charge in [-0.25, -0.2) is 0 Å². The van der Waals surface area contributed by atoms with Gasteiger partial charge >= 0.3 is 0 Å². The molecule has 16 atom stereocenters. The molecule has 0 aromatic rings. The molecule has 0 spiro atoms. The first kappa shape index (κ1) is 48.6. The second kappa shape index (κ2) is 21.5. The molecule has 320 valence electrons. The topological polar surface area (TPSA) is 290 Å². The fourth-order valence-electron chi connectivity index (χ4n) is 6.16. The normalized spacial score (nSPS) is 38.6. The van der Waals surface area contributed by atoms with Crippen molar-refractivity contribution in [2.75, 3.05) is 54.9 Å². The van der Waals surface area contributed by atoms with Gasteiger partial charge in [0.15, 0.2) is 0 Å². The Bertz CT molecular complexity index is 1340. The highest BCUT2D eigenvalue weighted by atomic mass is 31.2. The molecule has 26 heteroatoms. The lowest BCUT2D eigenvalue weighted by Crippen LogP contribution is -2.33.